The number of nitrogens with zero attached hydrogens (tertiary/aromatic N) is 1. The highest BCUT2D eigenvalue weighted by molar-refractivity contribution is 6.22. The summed E-state index contributed by atoms with van der Waals surface area (Å²) in [6.07, 6.45) is -2.18. The summed E-state index contributed by atoms with van der Waals surface area (Å²) in [5.74, 6) is -4.17. The van der Waals surface area contributed by atoms with Crippen molar-refractivity contribution in [2.75, 3.05) is 11.5 Å². The molecule has 180 valence electrons. The van der Waals surface area contributed by atoms with Crippen molar-refractivity contribution in [3.05, 3.63) is 42.0 Å². The molecule has 3 aliphatic rings. The molecule has 10 heteroatoms. The molecule has 0 spiro atoms. The summed E-state index contributed by atoms with van der Waals surface area (Å²) in [4.78, 5) is 63.0. The molecule has 0 radical (unpaired) electrons. The van der Waals surface area contributed by atoms with Crippen LogP contribution in [0.1, 0.15) is 27.2 Å². The number of carbonyl (C=O) groups is 5. The molecule has 2 aliphatic heterocycles. The Bertz CT molecular complexity index is 1050. The minimum atomic E-state index is -1.10. The van der Waals surface area contributed by atoms with Crippen molar-refractivity contribution in [1.29, 1.82) is 0 Å². The molecule has 2 amide bonds. The minimum absolute atomic E-state index is 0.229. The number of allylic oxidation sites excluding steroid dienone is 1. The molecule has 0 aromatic heterocycles. The lowest BCUT2D eigenvalue weighted by atomic mass is 9.74. The van der Waals surface area contributed by atoms with Crippen molar-refractivity contribution in [2.24, 2.45) is 11.8 Å². The molecular formula is C24H25NO9. The van der Waals surface area contributed by atoms with Crippen LogP contribution in [0.2, 0.25) is 0 Å². The number of esters is 3. The van der Waals surface area contributed by atoms with E-state index in [-0.39, 0.29) is 18.9 Å². The monoisotopic (exact) mass is 471 g/mol. The van der Waals surface area contributed by atoms with Gasteiger partial charge in [0.05, 0.1) is 23.6 Å². The van der Waals surface area contributed by atoms with Crippen molar-refractivity contribution in [3.8, 4) is 0 Å². The number of hydrogen-bond donors (Lipinski definition) is 0. The topological polar surface area (TPSA) is 126 Å². The molecule has 0 unspecified atom stereocenters. The van der Waals surface area contributed by atoms with Crippen LogP contribution in [0.3, 0.4) is 0 Å². The molecular weight excluding hydrogens is 446 g/mol. The quantitative estimate of drug-likeness (QED) is 0.270. The molecule has 1 aliphatic carbocycles. The van der Waals surface area contributed by atoms with Crippen LogP contribution < -0.4 is 4.90 Å². The fourth-order valence-electron chi connectivity index (χ4n) is 4.82. The van der Waals surface area contributed by atoms with Gasteiger partial charge in [0.2, 0.25) is 11.8 Å². The molecule has 2 heterocycles. The zero-order valence-electron chi connectivity index (χ0n) is 19.0. The first-order valence-electron chi connectivity index (χ1n) is 10.9. The lowest BCUT2D eigenvalue weighted by Crippen LogP contribution is -2.58. The third-order valence-electron chi connectivity index (χ3n) is 6.11. The summed E-state index contributed by atoms with van der Waals surface area (Å²) in [5.41, 5.74) is 0.896. The van der Waals surface area contributed by atoms with Crippen LogP contribution >= 0.6 is 0 Å². The summed E-state index contributed by atoms with van der Waals surface area (Å²) in [5, 5.41) is 0. The molecule has 34 heavy (non-hydrogen) atoms. The average molecular weight is 471 g/mol. The van der Waals surface area contributed by atoms with E-state index >= 15 is 0 Å². The van der Waals surface area contributed by atoms with Crippen molar-refractivity contribution >= 4 is 35.4 Å². The van der Waals surface area contributed by atoms with Gasteiger partial charge in [-0.25, -0.2) is 4.90 Å². The van der Waals surface area contributed by atoms with Gasteiger partial charge in [-0.05, 0) is 24.1 Å². The van der Waals surface area contributed by atoms with Gasteiger partial charge in [-0.3, -0.25) is 24.0 Å². The SMILES string of the molecule is CC(=O)OC[C@H]1O[C@H]2C(=CC[C@H]3C(=O)N(c4ccccc4)C(=O)[C@H]32)[C@@H](OC(C)=O)[C@@H]1OC(C)=O. The van der Waals surface area contributed by atoms with E-state index in [2.05, 4.69) is 0 Å². The van der Waals surface area contributed by atoms with Crippen LogP contribution in [-0.4, -0.2) is 60.7 Å². The van der Waals surface area contributed by atoms with E-state index in [4.69, 9.17) is 18.9 Å². The summed E-state index contributed by atoms with van der Waals surface area (Å²) >= 11 is 0. The number of amides is 2. The Labute approximate surface area is 195 Å². The largest absolute Gasteiger partial charge is 0.463 e. The number of para-hydroxylation sites is 1. The first kappa shape index (κ1) is 23.6. The molecule has 2 fully saturated rings. The Kier molecular flexibility index (Phi) is 6.52. The van der Waals surface area contributed by atoms with E-state index in [1.165, 1.54) is 20.8 Å². The van der Waals surface area contributed by atoms with Gasteiger partial charge in [-0.15, -0.1) is 0 Å². The first-order valence-corrected chi connectivity index (χ1v) is 10.9. The number of benzene rings is 1. The van der Waals surface area contributed by atoms with Crippen LogP contribution in [0.4, 0.5) is 5.69 Å². The molecule has 0 bridgehead atoms. The Morgan fingerprint density at radius 1 is 0.971 bits per heavy atom. The molecule has 0 saturated carbocycles. The third-order valence-corrected chi connectivity index (χ3v) is 6.11. The third kappa shape index (κ3) is 4.33. The van der Waals surface area contributed by atoms with E-state index in [0.29, 0.717) is 11.3 Å². The zero-order valence-corrected chi connectivity index (χ0v) is 19.0. The fraction of sp³-hybridized carbons (Fsp3) is 0.458. The minimum Gasteiger partial charge on any atom is -0.463 e. The van der Waals surface area contributed by atoms with Crippen LogP contribution in [0.25, 0.3) is 0 Å². The Morgan fingerprint density at radius 3 is 2.26 bits per heavy atom. The highest BCUT2D eigenvalue weighted by Crippen LogP contribution is 2.46. The second-order valence-corrected chi connectivity index (χ2v) is 8.42. The van der Waals surface area contributed by atoms with Gasteiger partial charge in [-0.1, -0.05) is 24.3 Å². The van der Waals surface area contributed by atoms with Gasteiger partial charge in [0, 0.05) is 20.8 Å². The molecule has 6 atom stereocenters. The van der Waals surface area contributed by atoms with Crippen molar-refractivity contribution in [2.45, 2.75) is 51.6 Å². The van der Waals surface area contributed by atoms with Crippen molar-refractivity contribution < 1.29 is 42.9 Å². The van der Waals surface area contributed by atoms with Gasteiger partial charge in [0.1, 0.15) is 12.7 Å². The van der Waals surface area contributed by atoms with Gasteiger partial charge in [0.25, 0.3) is 0 Å². The molecule has 4 rings (SSSR count). The van der Waals surface area contributed by atoms with Crippen molar-refractivity contribution in [3.63, 3.8) is 0 Å². The van der Waals surface area contributed by atoms with E-state index in [9.17, 15) is 24.0 Å². The van der Waals surface area contributed by atoms with Crippen LogP contribution in [-0.2, 0) is 42.9 Å². The second-order valence-electron chi connectivity index (χ2n) is 8.42. The number of carbonyl (C=O) groups excluding carboxylic acids is 5. The van der Waals surface area contributed by atoms with Gasteiger partial charge in [-0.2, -0.15) is 0 Å². The van der Waals surface area contributed by atoms with Crippen LogP contribution in [0, 0.1) is 11.8 Å². The maximum Gasteiger partial charge on any atom is 0.303 e. The van der Waals surface area contributed by atoms with Gasteiger partial charge >= 0.3 is 17.9 Å². The zero-order chi connectivity index (χ0) is 24.6. The number of imide groups is 1. The molecule has 2 saturated heterocycles. The molecule has 10 nitrogen and oxygen atoms in total. The van der Waals surface area contributed by atoms with E-state index < -0.39 is 60.1 Å². The lowest BCUT2D eigenvalue weighted by Gasteiger charge is -2.45. The van der Waals surface area contributed by atoms with Crippen LogP contribution in [0.5, 0.6) is 0 Å². The predicted octanol–water partition coefficient (Wildman–Crippen LogP) is 1.32. The number of anilines is 1. The summed E-state index contributed by atoms with van der Waals surface area (Å²) in [7, 11) is 0. The number of ether oxygens (including phenoxy) is 4. The highest BCUT2D eigenvalue weighted by Gasteiger charge is 2.59. The Morgan fingerprint density at radius 2 is 1.65 bits per heavy atom. The molecule has 1 aromatic carbocycles. The summed E-state index contributed by atoms with van der Waals surface area (Å²) in [6.45, 7) is 3.33. The average Bonchev–Trinajstić information content (AvgIpc) is 3.04. The maximum absolute atomic E-state index is 13.5. The molecule has 1 aromatic rings. The van der Waals surface area contributed by atoms with E-state index in [1.54, 1.807) is 36.4 Å². The smallest absolute Gasteiger partial charge is 0.303 e. The summed E-state index contributed by atoms with van der Waals surface area (Å²) in [6, 6.07) is 8.59. The Hall–Kier alpha value is -3.53. The fourth-order valence-corrected chi connectivity index (χ4v) is 4.82. The van der Waals surface area contributed by atoms with Gasteiger partial charge in [0.15, 0.2) is 12.2 Å². The van der Waals surface area contributed by atoms with Crippen LogP contribution in [0.15, 0.2) is 42.0 Å². The van der Waals surface area contributed by atoms with E-state index in [1.807, 2.05) is 0 Å². The standard InChI is InChI=1S/C24H25NO9/c1-12(26)31-11-18-22(33-14(3)28)21(32-13(2)27)17-10-9-16-19(20(17)34-18)24(30)25(23(16)29)15-7-5-4-6-8-15/h4-8,10,16,18-22H,9,11H2,1-3H3/t16-,18-,19-,20+,21-,22-/m1/s1. The predicted molar refractivity (Wildman–Crippen MR) is 115 cm³/mol. The van der Waals surface area contributed by atoms with Crippen molar-refractivity contribution in [1.82, 2.24) is 0 Å². The van der Waals surface area contributed by atoms with E-state index in [0.717, 1.165) is 4.90 Å². The second kappa shape index (κ2) is 9.38. The Balaban J connectivity index is 1.72. The number of hydrogen-bond acceptors (Lipinski definition) is 9. The number of rotatable bonds is 5. The maximum atomic E-state index is 13.5. The normalized spacial score (nSPS) is 30.1. The highest BCUT2D eigenvalue weighted by atomic mass is 16.6. The number of fused-ring (bicyclic) bond motifs is 3. The van der Waals surface area contributed by atoms with Gasteiger partial charge < -0.3 is 18.9 Å². The first-order chi connectivity index (χ1) is 16.2. The summed E-state index contributed by atoms with van der Waals surface area (Å²) < 4.78 is 22.2. The molecule has 0 N–H and O–H groups in total. The lowest BCUT2D eigenvalue weighted by molar-refractivity contribution is -0.206.